The summed E-state index contributed by atoms with van der Waals surface area (Å²) in [5, 5.41) is 17.9. The number of hydrogen-bond donors (Lipinski definition) is 1. The first kappa shape index (κ1) is 17.8. The van der Waals surface area contributed by atoms with Crippen LogP contribution in [-0.4, -0.2) is 44.7 Å². The van der Waals surface area contributed by atoms with Crippen molar-refractivity contribution in [3.63, 3.8) is 0 Å². The molecule has 0 bridgehead atoms. The number of carboxylic acids is 1. The van der Waals surface area contributed by atoms with Crippen LogP contribution in [0, 0.1) is 5.92 Å². The van der Waals surface area contributed by atoms with E-state index in [1.807, 2.05) is 11.6 Å². The molecule has 1 unspecified atom stereocenters. The van der Waals surface area contributed by atoms with Gasteiger partial charge in [-0.05, 0) is 25.7 Å². The van der Waals surface area contributed by atoms with E-state index in [-0.39, 0.29) is 5.75 Å². The van der Waals surface area contributed by atoms with E-state index in [2.05, 4.69) is 42.8 Å². The van der Waals surface area contributed by atoms with Gasteiger partial charge in [0.15, 0.2) is 5.16 Å². The highest BCUT2D eigenvalue weighted by molar-refractivity contribution is 7.99. The zero-order chi connectivity index (χ0) is 16.0. The molecule has 0 spiro atoms. The lowest BCUT2D eigenvalue weighted by atomic mass is 10.0. The molecule has 120 valence electrons. The standard InChI is InChI=1S/C14H26N4O2S/c1-6-7-18-13(17(5)11(4)8-10(2)3)15-16-14(18)21-9-12(19)20/h10-11H,6-9H2,1-5H3,(H,19,20). The van der Waals surface area contributed by atoms with Crippen LogP contribution >= 0.6 is 11.8 Å². The van der Waals surface area contributed by atoms with Gasteiger partial charge in [-0.25, -0.2) is 0 Å². The number of aliphatic carboxylic acids is 1. The number of carboxylic acid groups (broad SMARTS) is 1. The second-order valence-corrected chi connectivity index (χ2v) is 6.65. The average Bonchev–Trinajstić information content (AvgIpc) is 2.78. The number of thioether (sulfide) groups is 1. The van der Waals surface area contributed by atoms with E-state index in [1.165, 1.54) is 11.8 Å². The lowest BCUT2D eigenvalue weighted by Crippen LogP contribution is -2.32. The van der Waals surface area contributed by atoms with Crippen LogP contribution in [0.3, 0.4) is 0 Å². The van der Waals surface area contributed by atoms with Gasteiger partial charge >= 0.3 is 5.97 Å². The SMILES string of the molecule is CCCn1c(SCC(=O)O)nnc1N(C)C(C)CC(C)C. The molecule has 0 saturated heterocycles. The fraction of sp³-hybridized carbons (Fsp3) is 0.786. The van der Waals surface area contributed by atoms with Crippen LogP contribution in [0.25, 0.3) is 0 Å². The molecular weight excluding hydrogens is 288 g/mol. The molecule has 0 aromatic carbocycles. The molecule has 0 aliphatic heterocycles. The summed E-state index contributed by atoms with van der Waals surface area (Å²) in [5.74, 6) is 0.602. The molecule has 1 aromatic heterocycles. The summed E-state index contributed by atoms with van der Waals surface area (Å²) in [4.78, 5) is 12.9. The number of nitrogens with zero attached hydrogens (tertiary/aromatic N) is 4. The van der Waals surface area contributed by atoms with Crippen LogP contribution in [0.5, 0.6) is 0 Å². The van der Waals surface area contributed by atoms with Crippen molar-refractivity contribution in [3.8, 4) is 0 Å². The van der Waals surface area contributed by atoms with Crippen molar-refractivity contribution in [2.45, 2.75) is 58.3 Å². The first-order valence-corrected chi connectivity index (χ1v) is 8.36. The summed E-state index contributed by atoms with van der Waals surface area (Å²) in [6.45, 7) is 9.47. The molecule has 1 heterocycles. The molecule has 0 radical (unpaired) electrons. The van der Waals surface area contributed by atoms with Gasteiger partial charge in [-0.2, -0.15) is 0 Å². The molecule has 1 rings (SSSR count). The van der Waals surface area contributed by atoms with E-state index in [0.717, 1.165) is 25.3 Å². The summed E-state index contributed by atoms with van der Waals surface area (Å²) in [6.07, 6.45) is 2.03. The number of anilines is 1. The van der Waals surface area contributed by atoms with Crippen LogP contribution in [0.2, 0.25) is 0 Å². The van der Waals surface area contributed by atoms with Gasteiger partial charge in [-0.3, -0.25) is 9.36 Å². The van der Waals surface area contributed by atoms with Crippen molar-refractivity contribution in [1.82, 2.24) is 14.8 Å². The minimum absolute atomic E-state index is 0.00705. The van der Waals surface area contributed by atoms with Gasteiger partial charge in [-0.15, -0.1) is 10.2 Å². The Labute approximate surface area is 130 Å². The largest absolute Gasteiger partial charge is 0.481 e. The van der Waals surface area contributed by atoms with Gasteiger partial charge in [0, 0.05) is 19.6 Å². The highest BCUT2D eigenvalue weighted by Crippen LogP contribution is 2.24. The smallest absolute Gasteiger partial charge is 0.313 e. The Balaban J connectivity index is 2.92. The van der Waals surface area contributed by atoms with Crippen molar-refractivity contribution in [1.29, 1.82) is 0 Å². The number of aromatic nitrogens is 3. The van der Waals surface area contributed by atoms with E-state index in [0.29, 0.717) is 17.1 Å². The normalized spacial score (nSPS) is 12.7. The van der Waals surface area contributed by atoms with Crippen molar-refractivity contribution in [2.75, 3.05) is 17.7 Å². The molecule has 0 aliphatic carbocycles. The van der Waals surface area contributed by atoms with E-state index in [1.54, 1.807) is 0 Å². The monoisotopic (exact) mass is 314 g/mol. The number of rotatable bonds is 9. The van der Waals surface area contributed by atoms with Gasteiger partial charge in [0.2, 0.25) is 5.95 Å². The summed E-state index contributed by atoms with van der Waals surface area (Å²) in [6, 6.07) is 0.363. The van der Waals surface area contributed by atoms with E-state index >= 15 is 0 Å². The minimum atomic E-state index is -0.839. The van der Waals surface area contributed by atoms with Crippen molar-refractivity contribution in [2.24, 2.45) is 5.92 Å². The predicted octanol–water partition coefficient (Wildman–Crippen LogP) is 2.74. The second kappa shape index (κ2) is 8.26. The fourth-order valence-corrected chi connectivity index (χ4v) is 2.91. The van der Waals surface area contributed by atoms with Gasteiger partial charge in [0.05, 0.1) is 5.75 Å². The Morgan fingerprint density at radius 2 is 2.05 bits per heavy atom. The highest BCUT2D eigenvalue weighted by atomic mass is 32.2. The van der Waals surface area contributed by atoms with E-state index < -0.39 is 5.97 Å². The van der Waals surface area contributed by atoms with Crippen molar-refractivity contribution >= 4 is 23.7 Å². The summed E-state index contributed by atoms with van der Waals surface area (Å²) in [5.41, 5.74) is 0. The molecule has 0 fully saturated rings. The highest BCUT2D eigenvalue weighted by Gasteiger charge is 2.20. The van der Waals surface area contributed by atoms with Crippen LogP contribution in [0.15, 0.2) is 5.16 Å². The van der Waals surface area contributed by atoms with Gasteiger partial charge in [-0.1, -0.05) is 32.5 Å². The molecule has 1 N–H and O–H groups in total. The van der Waals surface area contributed by atoms with E-state index in [4.69, 9.17) is 5.11 Å². The molecule has 0 amide bonds. The van der Waals surface area contributed by atoms with E-state index in [9.17, 15) is 4.79 Å². The first-order valence-electron chi connectivity index (χ1n) is 7.37. The molecular formula is C14H26N4O2S. The summed E-state index contributed by atoms with van der Waals surface area (Å²) >= 11 is 1.22. The lowest BCUT2D eigenvalue weighted by molar-refractivity contribution is -0.133. The maximum atomic E-state index is 10.7. The quantitative estimate of drug-likeness (QED) is 0.707. The second-order valence-electron chi connectivity index (χ2n) is 5.71. The minimum Gasteiger partial charge on any atom is -0.481 e. The summed E-state index contributed by atoms with van der Waals surface area (Å²) in [7, 11) is 2.02. The molecule has 6 nitrogen and oxygen atoms in total. The lowest BCUT2D eigenvalue weighted by Gasteiger charge is -2.27. The average molecular weight is 314 g/mol. The van der Waals surface area contributed by atoms with Crippen molar-refractivity contribution in [3.05, 3.63) is 0 Å². The Morgan fingerprint density at radius 3 is 2.57 bits per heavy atom. The molecule has 0 saturated carbocycles. The van der Waals surface area contributed by atoms with Gasteiger partial charge in [0.25, 0.3) is 0 Å². The maximum Gasteiger partial charge on any atom is 0.313 e. The van der Waals surface area contributed by atoms with Gasteiger partial charge in [0.1, 0.15) is 0 Å². The Kier molecular flexibility index (Phi) is 7.01. The van der Waals surface area contributed by atoms with Crippen LogP contribution < -0.4 is 4.90 Å². The predicted molar refractivity (Wildman–Crippen MR) is 86.0 cm³/mol. The topological polar surface area (TPSA) is 71.2 Å². The zero-order valence-corrected chi connectivity index (χ0v) is 14.4. The fourth-order valence-electron chi connectivity index (χ4n) is 2.23. The van der Waals surface area contributed by atoms with Crippen LogP contribution in [0.4, 0.5) is 5.95 Å². The number of hydrogen-bond acceptors (Lipinski definition) is 5. The zero-order valence-electron chi connectivity index (χ0n) is 13.5. The van der Waals surface area contributed by atoms with Crippen LogP contribution in [0.1, 0.15) is 40.5 Å². The Bertz CT molecular complexity index is 462. The third-order valence-electron chi connectivity index (χ3n) is 3.26. The number of carbonyl (C=O) groups is 1. The Morgan fingerprint density at radius 1 is 1.38 bits per heavy atom. The maximum absolute atomic E-state index is 10.7. The van der Waals surface area contributed by atoms with Gasteiger partial charge < -0.3 is 10.0 Å². The molecule has 1 atom stereocenters. The van der Waals surface area contributed by atoms with Crippen molar-refractivity contribution < 1.29 is 9.90 Å². The summed E-state index contributed by atoms with van der Waals surface area (Å²) < 4.78 is 2.02. The molecule has 1 aromatic rings. The molecule has 0 aliphatic rings. The molecule has 21 heavy (non-hydrogen) atoms. The Hall–Kier alpha value is -1.24. The third kappa shape index (κ3) is 5.22. The first-order chi connectivity index (χ1) is 9.86. The van der Waals surface area contributed by atoms with Crippen LogP contribution in [-0.2, 0) is 11.3 Å². The molecule has 7 heteroatoms. The third-order valence-corrected chi connectivity index (χ3v) is 4.21.